The number of nitrogens with zero attached hydrogens (tertiary/aromatic N) is 4. The van der Waals surface area contributed by atoms with Crippen molar-refractivity contribution in [2.24, 2.45) is 0 Å². The van der Waals surface area contributed by atoms with Crippen molar-refractivity contribution < 1.29 is 4.42 Å². The Morgan fingerprint density at radius 1 is 0.408 bits per heavy atom. The lowest BCUT2D eigenvalue weighted by Crippen LogP contribution is -2.00. The quantitative estimate of drug-likeness (QED) is 0.182. The predicted molar refractivity (Wildman–Crippen MR) is 199 cm³/mol. The van der Waals surface area contributed by atoms with E-state index >= 15 is 0 Å². The van der Waals surface area contributed by atoms with Gasteiger partial charge in [-0.15, -0.1) is 0 Å². The molecule has 0 unspecified atom stereocenters. The smallest absolute Gasteiger partial charge is 0.164 e. The number of rotatable bonds is 4. The van der Waals surface area contributed by atoms with E-state index in [4.69, 9.17) is 24.4 Å². The number of fused-ring (bicyclic) bond motifs is 8. The second-order valence-electron chi connectivity index (χ2n) is 12.2. The number of furan rings is 1. The molecule has 7 aromatic carbocycles. The molecule has 10 aromatic rings. The molecular formula is C44H26N4O. The molecule has 5 nitrogen and oxygen atoms in total. The molecule has 0 radical (unpaired) electrons. The Hall–Kier alpha value is -6.72. The highest BCUT2D eigenvalue weighted by molar-refractivity contribution is 6.23. The van der Waals surface area contributed by atoms with E-state index in [9.17, 15) is 0 Å². The van der Waals surface area contributed by atoms with Gasteiger partial charge < -0.3 is 4.42 Å². The van der Waals surface area contributed by atoms with Crippen molar-refractivity contribution in [3.8, 4) is 45.3 Å². The van der Waals surface area contributed by atoms with Crippen molar-refractivity contribution in [3.63, 3.8) is 0 Å². The van der Waals surface area contributed by atoms with Crippen molar-refractivity contribution >= 4 is 54.4 Å². The average molecular weight is 627 g/mol. The second kappa shape index (κ2) is 10.9. The molecule has 49 heavy (non-hydrogen) atoms. The molecule has 0 N–H and O–H groups in total. The topological polar surface area (TPSA) is 64.7 Å². The fraction of sp³-hybridized carbons (Fsp3) is 0. The first-order valence-corrected chi connectivity index (χ1v) is 16.3. The Bertz CT molecular complexity index is 2820. The van der Waals surface area contributed by atoms with Crippen LogP contribution in [0.25, 0.3) is 99.7 Å². The van der Waals surface area contributed by atoms with E-state index in [1.165, 1.54) is 26.9 Å². The molecule has 0 aliphatic carbocycles. The van der Waals surface area contributed by atoms with Crippen molar-refractivity contribution in [2.45, 2.75) is 0 Å². The zero-order valence-corrected chi connectivity index (χ0v) is 26.2. The molecule has 0 aliphatic heterocycles. The number of hydrogen-bond acceptors (Lipinski definition) is 5. The van der Waals surface area contributed by atoms with Crippen LogP contribution in [0, 0.1) is 0 Å². The molecule has 0 saturated heterocycles. The SMILES string of the molecule is c1ccc(-c2nc(-c3ccccc3)nc(-c3cccc4oc5c(-c6cc7c8ccccc8ccc7c7ccccc67)ccnc5c34)n2)cc1. The molecule has 0 aliphatic rings. The minimum absolute atomic E-state index is 0.566. The summed E-state index contributed by atoms with van der Waals surface area (Å²) in [6, 6.07) is 52.1. The maximum absolute atomic E-state index is 6.74. The van der Waals surface area contributed by atoms with Crippen LogP contribution in [-0.2, 0) is 0 Å². The second-order valence-corrected chi connectivity index (χ2v) is 12.2. The van der Waals surface area contributed by atoms with Gasteiger partial charge in [0.2, 0.25) is 0 Å². The van der Waals surface area contributed by atoms with E-state index in [1.54, 1.807) is 0 Å². The Labute approximate surface area is 281 Å². The molecular weight excluding hydrogens is 601 g/mol. The Kier molecular flexibility index (Phi) is 6.11. The third kappa shape index (κ3) is 4.40. The summed E-state index contributed by atoms with van der Waals surface area (Å²) >= 11 is 0. The third-order valence-electron chi connectivity index (χ3n) is 9.38. The maximum Gasteiger partial charge on any atom is 0.164 e. The largest absolute Gasteiger partial charge is 0.454 e. The average Bonchev–Trinajstić information content (AvgIpc) is 3.57. The first-order valence-electron chi connectivity index (χ1n) is 16.3. The van der Waals surface area contributed by atoms with Gasteiger partial charge in [0.25, 0.3) is 0 Å². The molecule has 3 aromatic heterocycles. The van der Waals surface area contributed by atoms with Gasteiger partial charge in [-0.2, -0.15) is 0 Å². The molecule has 0 saturated carbocycles. The summed E-state index contributed by atoms with van der Waals surface area (Å²) < 4.78 is 6.74. The fourth-order valence-corrected chi connectivity index (χ4v) is 7.11. The summed E-state index contributed by atoms with van der Waals surface area (Å²) in [5.41, 5.74) is 7.00. The molecule has 228 valence electrons. The van der Waals surface area contributed by atoms with Gasteiger partial charge in [0.1, 0.15) is 11.1 Å². The fourth-order valence-electron chi connectivity index (χ4n) is 7.11. The highest BCUT2D eigenvalue weighted by Gasteiger charge is 2.21. The van der Waals surface area contributed by atoms with E-state index in [1.807, 2.05) is 85.1 Å². The van der Waals surface area contributed by atoms with Crippen LogP contribution in [0.4, 0.5) is 0 Å². The summed E-state index contributed by atoms with van der Waals surface area (Å²) in [5.74, 6) is 1.78. The van der Waals surface area contributed by atoms with Gasteiger partial charge in [-0.05, 0) is 56.1 Å². The first kappa shape index (κ1) is 27.4. The van der Waals surface area contributed by atoms with Crippen LogP contribution in [0.2, 0.25) is 0 Å². The van der Waals surface area contributed by atoms with Crippen molar-refractivity contribution in [1.29, 1.82) is 0 Å². The zero-order valence-electron chi connectivity index (χ0n) is 26.2. The maximum atomic E-state index is 6.74. The van der Waals surface area contributed by atoms with Gasteiger partial charge in [0.05, 0.1) is 5.39 Å². The minimum Gasteiger partial charge on any atom is -0.454 e. The predicted octanol–water partition coefficient (Wildman–Crippen LogP) is 11.3. The van der Waals surface area contributed by atoms with E-state index in [2.05, 4.69) is 72.8 Å². The molecule has 0 atom stereocenters. The van der Waals surface area contributed by atoms with Gasteiger partial charge in [0.15, 0.2) is 23.1 Å². The van der Waals surface area contributed by atoms with E-state index in [-0.39, 0.29) is 0 Å². The van der Waals surface area contributed by atoms with Crippen LogP contribution in [0.1, 0.15) is 0 Å². The van der Waals surface area contributed by atoms with Gasteiger partial charge >= 0.3 is 0 Å². The molecule has 0 fully saturated rings. The monoisotopic (exact) mass is 626 g/mol. The van der Waals surface area contributed by atoms with Gasteiger partial charge in [-0.1, -0.05) is 133 Å². The molecule has 0 spiro atoms. The van der Waals surface area contributed by atoms with E-state index < -0.39 is 0 Å². The molecule has 3 heterocycles. The first-order chi connectivity index (χ1) is 24.3. The molecule has 0 bridgehead atoms. The summed E-state index contributed by atoms with van der Waals surface area (Å²) in [4.78, 5) is 19.9. The van der Waals surface area contributed by atoms with Crippen molar-refractivity contribution in [3.05, 3.63) is 158 Å². The number of hydrogen-bond donors (Lipinski definition) is 0. The normalized spacial score (nSPS) is 11.7. The minimum atomic E-state index is 0.566. The van der Waals surface area contributed by atoms with Gasteiger partial charge in [0, 0.05) is 28.5 Å². The Balaban J connectivity index is 1.24. The summed E-state index contributed by atoms with van der Waals surface area (Å²) in [6.07, 6.45) is 1.88. The van der Waals surface area contributed by atoms with Crippen LogP contribution in [0.3, 0.4) is 0 Å². The van der Waals surface area contributed by atoms with E-state index in [0.717, 1.165) is 55.3 Å². The van der Waals surface area contributed by atoms with Gasteiger partial charge in [-0.25, -0.2) is 15.0 Å². The van der Waals surface area contributed by atoms with Crippen LogP contribution in [0.15, 0.2) is 162 Å². The molecule has 10 rings (SSSR count). The number of pyridine rings is 1. The highest BCUT2D eigenvalue weighted by Crippen LogP contribution is 2.43. The summed E-state index contributed by atoms with van der Waals surface area (Å²) in [7, 11) is 0. The molecule has 5 heteroatoms. The van der Waals surface area contributed by atoms with Crippen LogP contribution >= 0.6 is 0 Å². The van der Waals surface area contributed by atoms with Crippen molar-refractivity contribution in [1.82, 2.24) is 19.9 Å². The lowest BCUT2D eigenvalue weighted by molar-refractivity contribution is 0.669. The van der Waals surface area contributed by atoms with Crippen LogP contribution < -0.4 is 0 Å². The highest BCUT2D eigenvalue weighted by atomic mass is 16.3. The summed E-state index contributed by atoms with van der Waals surface area (Å²) in [5, 5.41) is 8.12. The summed E-state index contributed by atoms with van der Waals surface area (Å²) in [6.45, 7) is 0. The Morgan fingerprint density at radius 2 is 1.04 bits per heavy atom. The molecule has 0 amide bonds. The lowest BCUT2D eigenvalue weighted by atomic mass is 9.91. The standard InChI is InChI=1S/C44H26N4O/c1-3-13-28(14-4-1)42-46-43(29-15-5-2-6-16-29)48-44(47-42)35-20-11-21-38-39(35)40-41(49-38)34(24-25-45-40)37-26-36-30-17-8-7-12-27(30)22-23-33(36)31-18-9-10-19-32(31)37/h1-26H. The number of benzene rings is 7. The Morgan fingerprint density at radius 3 is 1.80 bits per heavy atom. The van der Waals surface area contributed by atoms with Crippen molar-refractivity contribution in [2.75, 3.05) is 0 Å². The van der Waals surface area contributed by atoms with Crippen LogP contribution in [-0.4, -0.2) is 19.9 Å². The van der Waals surface area contributed by atoms with Gasteiger partial charge in [-0.3, -0.25) is 4.98 Å². The van der Waals surface area contributed by atoms with E-state index in [0.29, 0.717) is 17.5 Å². The lowest BCUT2D eigenvalue weighted by Gasteiger charge is -2.13. The third-order valence-corrected chi connectivity index (χ3v) is 9.38. The zero-order chi connectivity index (χ0) is 32.3. The van der Waals surface area contributed by atoms with Crippen LogP contribution in [0.5, 0.6) is 0 Å². The number of aromatic nitrogens is 4.